The van der Waals surface area contributed by atoms with E-state index in [2.05, 4.69) is 5.16 Å². The Labute approximate surface area is 117 Å². The first-order chi connectivity index (χ1) is 9.65. The predicted octanol–water partition coefficient (Wildman–Crippen LogP) is 1.03. The van der Waals surface area contributed by atoms with E-state index in [4.69, 9.17) is 15.7 Å². The second-order valence-electron chi connectivity index (χ2n) is 4.72. The van der Waals surface area contributed by atoms with Gasteiger partial charge in [0.1, 0.15) is 0 Å². The molecule has 1 atom stereocenters. The van der Waals surface area contributed by atoms with Gasteiger partial charge < -0.3 is 20.6 Å². The molecule has 1 amide bonds. The number of ether oxygens (including phenoxy) is 1. The molecule has 1 saturated heterocycles. The molecule has 3 N–H and O–H groups in total. The summed E-state index contributed by atoms with van der Waals surface area (Å²) in [5, 5.41) is 11.6. The van der Waals surface area contributed by atoms with Gasteiger partial charge in [-0.3, -0.25) is 4.79 Å². The Morgan fingerprint density at radius 1 is 1.55 bits per heavy atom. The van der Waals surface area contributed by atoms with Crippen molar-refractivity contribution in [2.75, 3.05) is 19.7 Å². The smallest absolute Gasteiger partial charge is 0.254 e. The lowest BCUT2D eigenvalue weighted by atomic mass is 10.1. The van der Waals surface area contributed by atoms with E-state index >= 15 is 0 Å². The van der Waals surface area contributed by atoms with Crippen LogP contribution in [0.3, 0.4) is 0 Å². The molecule has 20 heavy (non-hydrogen) atoms. The minimum absolute atomic E-state index is 0.00642. The highest BCUT2D eigenvalue weighted by molar-refractivity contribution is 6.01. The average Bonchev–Trinajstić information content (AvgIpc) is 2.53. The predicted molar refractivity (Wildman–Crippen MR) is 74.9 cm³/mol. The first-order valence-electron chi connectivity index (χ1n) is 6.64. The molecule has 0 aliphatic carbocycles. The van der Waals surface area contributed by atoms with E-state index in [1.165, 1.54) is 0 Å². The van der Waals surface area contributed by atoms with Crippen LogP contribution in [0, 0.1) is 0 Å². The van der Waals surface area contributed by atoms with Crippen LogP contribution in [-0.2, 0) is 4.74 Å². The molecule has 0 bridgehead atoms. The molecule has 1 fully saturated rings. The normalized spacial score (nSPS) is 19.9. The fraction of sp³-hybridized carbons (Fsp3) is 0.429. The maximum atomic E-state index is 12.5. The maximum absolute atomic E-state index is 12.5. The van der Waals surface area contributed by atoms with E-state index in [-0.39, 0.29) is 17.8 Å². The second-order valence-corrected chi connectivity index (χ2v) is 4.72. The molecule has 0 aromatic heterocycles. The molecule has 1 aliphatic heterocycles. The van der Waals surface area contributed by atoms with Crippen molar-refractivity contribution in [1.82, 2.24) is 4.90 Å². The third-order valence-corrected chi connectivity index (χ3v) is 3.39. The molecule has 2 rings (SSSR count). The fourth-order valence-electron chi connectivity index (χ4n) is 2.20. The van der Waals surface area contributed by atoms with Crippen LogP contribution in [0.15, 0.2) is 29.4 Å². The number of carbonyl (C=O) groups is 1. The third kappa shape index (κ3) is 3.08. The van der Waals surface area contributed by atoms with Crippen molar-refractivity contribution in [2.45, 2.75) is 19.4 Å². The molecule has 1 unspecified atom stereocenters. The maximum Gasteiger partial charge on any atom is 0.254 e. The lowest BCUT2D eigenvalue weighted by Gasteiger charge is -2.32. The molecule has 1 heterocycles. The van der Waals surface area contributed by atoms with Crippen LogP contribution in [-0.4, -0.2) is 47.7 Å². The van der Waals surface area contributed by atoms with Crippen molar-refractivity contribution in [3.63, 3.8) is 0 Å². The zero-order valence-corrected chi connectivity index (χ0v) is 11.5. The summed E-state index contributed by atoms with van der Waals surface area (Å²) >= 11 is 0. The van der Waals surface area contributed by atoms with Crippen LogP contribution in [0.2, 0.25) is 0 Å². The zero-order valence-electron chi connectivity index (χ0n) is 11.5. The summed E-state index contributed by atoms with van der Waals surface area (Å²) < 4.78 is 5.56. The molecular weight excluding hydrogens is 258 g/mol. The Balaban J connectivity index is 2.16. The monoisotopic (exact) mass is 277 g/mol. The molecular formula is C14H19N3O3. The lowest BCUT2D eigenvalue weighted by Crippen LogP contribution is -2.45. The largest absolute Gasteiger partial charge is 0.409 e. The van der Waals surface area contributed by atoms with Gasteiger partial charge in [0.05, 0.1) is 12.7 Å². The number of morpholine rings is 1. The van der Waals surface area contributed by atoms with Crippen LogP contribution in [0.5, 0.6) is 0 Å². The highest BCUT2D eigenvalue weighted by Gasteiger charge is 2.24. The van der Waals surface area contributed by atoms with Gasteiger partial charge in [-0.2, -0.15) is 0 Å². The van der Waals surface area contributed by atoms with Crippen LogP contribution < -0.4 is 5.73 Å². The quantitative estimate of drug-likeness (QED) is 0.374. The minimum atomic E-state index is -0.0562. The topological polar surface area (TPSA) is 88.2 Å². The summed E-state index contributed by atoms with van der Waals surface area (Å²) in [6.45, 7) is 3.79. The Hall–Kier alpha value is -2.08. The SMILES string of the molecule is CCC1CN(C(=O)c2cccc(/C(N)=N/O)c2)CCO1. The Morgan fingerprint density at radius 2 is 2.30 bits per heavy atom. The molecule has 0 radical (unpaired) electrons. The fourth-order valence-corrected chi connectivity index (χ4v) is 2.20. The second kappa shape index (κ2) is 6.38. The number of amides is 1. The number of nitrogens with zero attached hydrogens (tertiary/aromatic N) is 2. The van der Waals surface area contributed by atoms with Gasteiger partial charge in [-0.15, -0.1) is 0 Å². The van der Waals surface area contributed by atoms with Crippen molar-refractivity contribution >= 4 is 11.7 Å². The summed E-state index contributed by atoms with van der Waals surface area (Å²) in [4.78, 5) is 14.2. The van der Waals surface area contributed by atoms with Gasteiger partial charge in [-0.1, -0.05) is 24.2 Å². The van der Waals surface area contributed by atoms with Gasteiger partial charge >= 0.3 is 0 Å². The Kier molecular flexibility index (Phi) is 4.57. The first-order valence-corrected chi connectivity index (χ1v) is 6.64. The minimum Gasteiger partial charge on any atom is -0.409 e. The van der Waals surface area contributed by atoms with E-state index in [0.29, 0.717) is 30.8 Å². The molecule has 6 heteroatoms. The number of hydrogen-bond donors (Lipinski definition) is 2. The van der Waals surface area contributed by atoms with Crippen molar-refractivity contribution in [2.24, 2.45) is 10.9 Å². The highest BCUT2D eigenvalue weighted by atomic mass is 16.5. The van der Waals surface area contributed by atoms with E-state index in [9.17, 15) is 4.79 Å². The van der Waals surface area contributed by atoms with Gasteiger partial charge in [0, 0.05) is 24.2 Å². The van der Waals surface area contributed by atoms with E-state index < -0.39 is 0 Å². The average molecular weight is 277 g/mol. The van der Waals surface area contributed by atoms with Gasteiger partial charge in [0.15, 0.2) is 5.84 Å². The number of hydrogen-bond acceptors (Lipinski definition) is 4. The van der Waals surface area contributed by atoms with Gasteiger partial charge in [0.2, 0.25) is 0 Å². The number of amidine groups is 1. The van der Waals surface area contributed by atoms with Gasteiger partial charge in [0.25, 0.3) is 5.91 Å². The molecule has 108 valence electrons. The van der Waals surface area contributed by atoms with Crippen molar-refractivity contribution in [3.8, 4) is 0 Å². The molecule has 1 aromatic rings. The lowest BCUT2D eigenvalue weighted by molar-refractivity contribution is -0.0226. The standard InChI is InChI=1S/C14H19N3O3/c1-2-12-9-17(6-7-20-12)14(18)11-5-3-4-10(8-11)13(15)16-19/h3-5,8,12,19H,2,6-7,9H2,1H3,(H2,15,16). The van der Waals surface area contributed by atoms with E-state index in [1.807, 2.05) is 6.92 Å². The summed E-state index contributed by atoms with van der Waals surface area (Å²) in [6, 6.07) is 6.78. The summed E-state index contributed by atoms with van der Waals surface area (Å²) in [5.41, 5.74) is 6.60. The van der Waals surface area contributed by atoms with Gasteiger partial charge in [-0.25, -0.2) is 0 Å². The number of carbonyl (C=O) groups excluding carboxylic acids is 1. The number of rotatable bonds is 3. The number of benzene rings is 1. The van der Waals surface area contributed by atoms with Crippen molar-refractivity contribution < 1.29 is 14.7 Å². The van der Waals surface area contributed by atoms with E-state index in [0.717, 1.165) is 6.42 Å². The first kappa shape index (κ1) is 14.3. The Bertz CT molecular complexity index is 516. The van der Waals surface area contributed by atoms with Crippen LogP contribution >= 0.6 is 0 Å². The van der Waals surface area contributed by atoms with Crippen molar-refractivity contribution in [1.29, 1.82) is 0 Å². The molecule has 0 saturated carbocycles. The van der Waals surface area contributed by atoms with E-state index in [1.54, 1.807) is 29.2 Å². The summed E-state index contributed by atoms with van der Waals surface area (Å²) in [5.74, 6) is -0.0626. The molecule has 6 nitrogen and oxygen atoms in total. The third-order valence-electron chi connectivity index (χ3n) is 3.39. The summed E-state index contributed by atoms with van der Waals surface area (Å²) in [7, 11) is 0. The zero-order chi connectivity index (χ0) is 14.5. The Morgan fingerprint density at radius 3 is 3.00 bits per heavy atom. The molecule has 1 aromatic carbocycles. The number of nitrogens with two attached hydrogens (primary N) is 1. The van der Waals surface area contributed by atoms with Crippen LogP contribution in [0.4, 0.5) is 0 Å². The molecule has 0 spiro atoms. The number of oxime groups is 1. The van der Waals surface area contributed by atoms with Gasteiger partial charge in [-0.05, 0) is 18.6 Å². The van der Waals surface area contributed by atoms with Crippen LogP contribution in [0.1, 0.15) is 29.3 Å². The molecule has 1 aliphatic rings. The highest BCUT2D eigenvalue weighted by Crippen LogP contribution is 2.13. The van der Waals surface area contributed by atoms with Crippen molar-refractivity contribution in [3.05, 3.63) is 35.4 Å². The van der Waals surface area contributed by atoms with Crippen LogP contribution in [0.25, 0.3) is 0 Å². The summed E-state index contributed by atoms with van der Waals surface area (Å²) in [6.07, 6.45) is 0.980.